The molecule has 3 nitrogen and oxygen atoms in total. The van der Waals surface area contributed by atoms with Crippen molar-refractivity contribution in [2.75, 3.05) is 13.1 Å². The lowest BCUT2D eigenvalue weighted by molar-refractivity contribution is -0.257. The summed E-state index contributed by atoms with van der Waals surface area (Å²) >= 11 is 0. The van der Waals surface area contributed by atoms with E-state index in [1.807, 2.05) is 13.8 Å². The van der Waals surface area contributed by atoms with Crippen molar-refractivity contribution in [3.05, 3.63) is 17.8 Å². The van der Waals surface area contributed by atoms with Crippen LogP contribution in [0.25, 0.3) is 0 Å². The second-order valence-electron chi connectivity index (χ2n) is 5.02. The Labute approximate surface area is 117 Å². The molecule has 0 atom stereocenters. The van der Waals surface area contributed by atoms with Crippen LogP contribution in [0.2, 0.25) is 0 Å². The third kappa shape index (κ3) is 5.56. The summed E-state index contributed by atoms with van der Waals surface area (Å²) in [5.41, 5.74) is 0. The first-order chi connectivity index (χ1) is 9.51. The molecule has 0 unspecified atom stereocenters. The molecule has 0 saturated heterocycles. The van der Waals surface area contributed by atoms with Crippen LogP contribution in [-0.2, 0) is 6.42 Å². The first-order valence-electron chi connectivity index (χ1n) is 6.30. The molecule has 0 aliphatic heterocycles. The molecule has 1 rings (SSSR count). The van der Waals surface area contributed by atoms with Crippen molar-refractivity contribution >= 4 is 0 Å². The van der Waals surface area contributed by atoms with Gasteiger partial charge in [-0.1, -0.05) is 13.8 Å². The molecule has 1 heterocycles. The number of oxazole rings is 1. The lowest BCUT2D eigenvalue weighted by Gasteiger charge is -2.20. The zero-order valence-electron chi connectivity index (χ0n) is 11.5. The number of alkyl halides is 6. The van der Waals surface area contributed by atoms with E-state index >= 15 is 0 Å². The summed E-state index contributed by atoms with van der Waals surface area (Å²) in [6, 6.07) is 0. The molecule has 9 heteroatoms. The maximum Gasteiger partial charge on any atom is 0.407 e. The van der Waals surface area contributed by atoms with Crippen molar-refractivity contribution in [2.24, 2.45) is 5.92 Å². The molecule has 0 spiro atoms. The summed E-state index contributed by atoms with van der Waals surface area (Å²) in [6.45, 7) is 4.98. The standard InChI is InChI=1S/C12H16F6N2O/c1-7(2)5-19-4-3-9-20-6-8(21-9)10(11(13,14)15)12(16,17)18/h6-7,10,19H,3-5H2,1-2H3. The Hall–Kier alpha value is -1.25. The van der Waals surface area contributed by atoms with Gasteiger partial charge in [-0.25, -0.2) is 4.98 Å². The molecular formula is C12H16F6N2O. The van der Waals surface area contributed by atoms with Crippen molar-refractivity contribution in [3.8, 4) is 0 Å². The molecule has 1 N–H and O–H groups in total. The smallest absolute Gasteiger partial charge is 0.407 e. The van der Waals surface area contributed by atoms with Crippen LogP contribution in [-0.4, -0.2) is 30.4 Å². The second-order valence-corrected chi connectivity index (χ2v) is 5.02. The molecule has 0 radical (unpaired) electrons. The van der Waals surface area contributed by atoms with E-state index in [0.29, 0.717) is 25.2 Å². The van der Waals surface area contributed by atoms with Crippen molar-refractivity contribution in [1.29, 1.82) is 0 Å². The van der Waals surface area contributed by atoms with E-state index in [-0.39, 0.29) is 12.3 Å². The third-order valence-corrected chi connectivity index (χ3v) is 2.58. The molecule has 0 aromatic carbocycles. The molecular weight excluding hydrogens is 302 g/mol. The van der Waals surface area contributed by atoms with Crippen LogP contribution in [0, 0.1) is 5.92 Å². The summed E-state index contributed by atoms with van der Waals surface area (Å²) < 4.78 is 79.5. The van der Waals surface area contributed by atoms with Crippen molar-refractivity contribution in [1.82, 2.24) is 10.3 Å². The maximum absolute atomic E-state index is 12.5. The fraction of sp³-hybridized carbons (Fsp3) is 0.750. The SMILES string of the molecule is CC(C)CNCCc1ncc(C(C(F)(F)F)C(F)(F)F)o1. The zero-order chi connectivity index (χ0) is 16.3. The van der Waals surface area contributed by atoms with Crippen molar-refractivity contribution < 1.29 is 30.8 Å². The topological polar surface area (TPSA) is 38.1 Å². The highest BCUT2D eigenvalue weighted by atomic mass is 19.4. The van der Waals surface area contributed by atoms with E-state index in [1.165, 1.54) is 0 Å². The van der Waals surface area contributed by atoms with Gasteiger partial charge < -0.3 is 9.73 Å². The molecule has 0 amide bonds. The van der Waals surface area contributed by atoms with Crippen LogP contribution in [0.4, 0.5) is 26.3 Å². The lowest BCUT2D eigenvalue weighted by atomic mass is 10.1. The van der Waals surface area contributed by atoms with Gasteiger partial charge in [-0.05, 0) is 12.5 Å². The van der Waals surface area contributed by atoms with E-state index in [2.05, 4.69) is 14.7 Å². The zero-order valence-corrected chi connectivity index (χ0v) is 11.5. The monoisotopic (exact) mass is 318 g/mol. The molecule has 0 aliphatic rings. The average molecular weight is 318 g/mol. The van der Waals surface area contributed by atoms with Gasteiger partial charge in [0.15, 0.2) is 5.89 Å². The molecule has 122 valence electrons. The molecule has 0 saturated carbocycles. The fourth-order valence-electron chi connectivity index (χ4n) is 1.67. The summed E-state index contributed by atoms with van der Waals surface area (Å²) in [6.07, 6.45) is -10.3. The highest BCUT2D eigenvalue weighted by Crippen LogP contribution is 2.46. The first kappa shape index (κ1) is 17.8. The second kappa shape index (κ2) is 6.67. The van der Waals surface area contributed by atoms with E-state index in [9.17, 15) is 26.3 Å². The maximum atomic E-state index is 12.5. The predicted molar refractivity (Wildman–Crippen MR) is 62.8 cm³/mol. The van der Waals surface area contributed by atoms with Gasteiger partial charge in [0.25, 0.3) is 0 Å². The van der Waals surface area contributed by atoms with E-state index in [0.717, 1.165) is 0 Å². The van der Waals surface area contributed by atoms with E-state index in [1.54, 1.807) is 0 Å². The normalized spacial score (nSPS) is 13.4. The van der Waals surface area contributed by atoms with Crippen LogP contribution in [0.3, 0.4) is 0 Å². The number of aromatic nitrogens is 1. The Bertz CT molecular complexity index is 424. The average Bonchev–Trinajstić information content (AvgIpc) is 2.68. The summed E-state index contributed by atoms with van der Waals surface area (Å²) in [7, 11) is 0. The largest absolute Gasteiger partial charge is 0.445 e. The molecule has 0 aliphatic carbocycles. The molecule has 0 fully saturated rings. The summed E-state index contributed by atoms with van der Waals surface area (Å²) in [5, 5.41) is 2.99. The van der Waals surface area contributed by atoms with Gasteiger partial charge in [0.2, 0.25) is 5.92 Å². The third-order valence-electron chi connectivity index (χ3n) is 2.58. The number of halogens is 6. The fourth-order valence-corrected chi connectivity index (χ4v) is 1.67. The minimum absolute atomic E-state index is 0.120. The number of nitrogens with zero attached hydrogens (tertiary/aromatic N) is 1. The Morgan fingerprint density at radius 3 is 2.19 bits per heavy atom. The van der Waals surface area contributed by atoms with Crippen LogP contribution >= 0.6 is 0 Å². The van der Waals surface area contributed by atoms with Crippen molar-refractivity contribution in [3.63, 3.8) is 0 Å². The van der Waals surface area contributed by atoms with E-state index < -0.39 is 24.0 Å². The van der Waals surface area contributed by atoms with Gasteiger partial charge in [0.05, 0.1) is 6.20 Å². The Morgan fingerprint density at radius 2 is 1.71 bits per heavy atom. The molecule has 1 aromatic rings. The lowest BCUT2D eigenvalue weighted by Crippen LogP contribution is -2.33. The Morgan fingerprint density at radius 1 is 1.14 bits per heavy atom. The van der Waals surface area contributed by atoms with Crippen LogP contribution in [0.1, 0.15) is 31.4 Å². The minimum Gasteiger partial charge on any atom is -0.445 e. The predicted octanol–water partition coefficient (Wildman–Crippen LogP) is 3.67. The molecule has 1 aromatic heterocycles. The van der Waals surface area contributed by atoms with Gasteiger partial charge in [-0.2, -0.15) is 26.3 Å². The van der Waals surface area contributed by atoms with E-state index in [4.69, 9.17) is 0 Å². The number of rotatable bonds is 6. The quantitative estimate of drug-likeness (QED) is 0.642. The highest BCUT2D eigenvalue weighted by molar-refractivity contribution is 5.08. The van der Waals surface area contributed by atoms with Gasteiger partial charge in [-0.15, -0.1) is 0 Å². The van der Waals surface area contributed by atoms with Crippen LogP contribution in [0.15, 0.2) is 10.6 Å². The van der Waals surface area contributed by atoms with Gasteiger partial charge in [0.1, 0.15) is 5.76 Å². The minimum atomic E-state index is -5.47. The van der Waals surface area contributed by atoms with Gasteiger partial charge in [-0.3, -0.25) is 0 Å². The Balaban J connectivity index is 2.72. The number of hydrogen-bond donors (Lipinski definition) is 1. The number of nitrogens with one attached hydrogen (secondary N) is 1. The van der Waals surface area contributed by atoms with Crippen LogP contribution in [0.5, 0.6) is 0 Å². The van der Waals surface area contributed by atoms with Crippen molar-refractivity contribution in [2.45, 2.75) is 38.5 Å². The van der Waals surface area contributed by atoms with Gasteiger partial charge in [0, 0.05) is 13.0 Å². The highest BCUT2D eigenvalue weighted by Gasteiger charge is 2.59. The summed E-state index contributed by atoms with van der Waals surface area (Å²) in [5.74, 6) is -4.64. The Kier molecular flexibility index (Phi) is 5.66. The molecule has 21 heavy (non-hydrogen) atoms. The summed E-state index contributed by atoms with van der Waals surface area (Å²) in [4.78, 5) is 3.47. The van der Waals surface area contributed by atoms with Crippen LogP contribution < -0.4 is 5.32 Å². The molecule has 0 bridgehead atoms. The first-order valence-corrected chi connectivity index (χ1v) is 6.30. The van der Waals surface area contributed by atoms with Gasteiger partial charge >= 0.3 is 12.4 Å². The number of hydrogen-bond acceptors (Lipinski definition) is 3.